The van der Waals surface area contributed by atoms with Gasteiger partial charge in [0.15, 0.2) is 0 Å². The van der Waals surface area contributed by atoms with Crippen molar-refractivity contribution in [2.24, 2.45) is 11.8 Å². The minimum Gasteiger partial charge on any atom is -0.311 e. The summed E-state index contributed by atoms with van der Waals surface area (Å²) in [4.78, 5) is 0. The van der Waals surface area contributed by atoms with E-state index < -0.39 is 0 Å². The van der Waals surface area contributed by atoms with Crippen molar-refractivity contribution in [2.45, 2.75) is 84.1 Å². The van der Waals surface area contributed by atoms with Crippen molar-refractivity contribution >= 4 is 0 Å². The first kappa shape index (κ1) is 15.1. The molecule has 0 aromatic heterocycles. The highest BCUT2D eigenvalue weighted by atomic mass is 14.9. The van der Waals surface area contributed by atoms with Crippen molar-refractivity contribution in [3.63, 3.8) is 0 Å². The molecule has 0 aromatic carbocycles. The molecule has 0 amide bonds. The van der Waals surface area contributed by atoms with Crippen molar-refractivity contribution in [3.8, 4) is 0 Å². The summed E-state index contributed by atoms with van der Waals surface area (Å²) in [6.07, 6.45) is 15.4. The van der Waals surface area contributed by atoms with E-state index in [0.717, 1.165) is 11.8 Å². The van der Waals surface area contributed by atoms with E-state index >= 15 is 0 Å². The fraction of sp³-hybridized carbons (Fsp3) is 0.889. The van der Waals surface area contributed by atoms with Crippen molar-refractivity contribution < 1.29 is 0 Å². The second kappa shape index (κ2) is 6.92. The molecule has 1 atom stereocenters. The van der Waals surface area contributed by atoms with Crippen LogP contribution in [0.15, 0.2) is 11.6 Å². The lowest BCUT2D eigenvalue weighted by Gasteiger charge is -2.35. The first-order chi connectivity index (χ1) is 9.06. The normalized spacial score (nSPS) is 24.1. The maximum Gasteiger partial charge on any atom is 0.00967 e. The Bertz CT molecular complexity index is 291. The molecule has 1 heteroatoms. The molecule has 0 aliphatic heterocycles. The van der Waals surface area contributed by atoms with E-state index in [4.69, 9.17) is 0 Å². The van der Waals surface area contributed by atoms with Gasteiger partial charge in [-0.15, -0.1) is 0 Å². The Morgan fingerprint density at radius 2 is 1.84 bits per heavy atom. The molecule has 1 unspecified atom stereocenters. The van der Waals surface area contributed by atoms with Crippen molar-refractivity contribution in [1.82, 2.24) is 5.32 Å². The maximum atomic E-state index is 3.78. The molecule has 2 aliphatic rings. The van der Waals surface area contributed by atoms with Gasteiger partial charge >= 0.3 is 0 Å². The molecule has 2 aliphatic carbocycles. The number of allylic oxidation sites excluding steroid dienone is 1. The van der Waals surface area contributed by atoms with Crippen LogP contribution in [-0.4, -0.2) is 12.1 Å². The van der Waals surface area contributed by atoms with Gasteiger partial charge in [0, 0.05) is 12.1 Å². The van der Waals surface area contributed by atoms with E-state index in [9.17, 15) is 0 Å². The largest absolute Gasteiger partial charge is 0.311 e. The van der Waals surface area contributed by atoms with Gasteiger partial charge < -0.3 is 5.32 Å². The van der Waals surface area contributed by atoms with E-state index in [-0.39, 0.29) is 5.54 Å². The predicted molar refractivity (Wildman–Crippen MR) is 84.4 cm³/mol. The molecule has 19 heavy (non-hydrogen) atoms. The van der Waals surface area contributed by atoms with Crippen LogP contribution < -0.4 is 5.32 Å². The third kappa shape index (κ3) is 4.95. The Morgan fingerprint density at radius 3 is 2.42 bits per heavy atom. The molecule has 0 spiro atoms. The van der Waals surface area contributed by atoms with E-state index in [1.807, 2.05) is 0 Å². The van der Waals surface area contributed by atoms with Gasteiger partial charge in [0.05, 0.1) is 0 Å². The minimum absolute atomic E-state index is 0.252. The first-order valence-electron chi connectivity index (χ1n) is 8.50. The van der Waals surface area contributed by atoms with Crippen LogP contribution in [0.1, 0.15) is 78.6 Å². The van der Waals surface area contributed by atoms with E-state index in [1.165, 1.54) is 64.3 Å². The van der Waals surface area contributed by atoms with Crippen LogP contribution in [0.2, 0.25) is 0 Å². The smallest absolute Gasteiger partial charge is 0.00967 e. The number of hydrogen-bond donors (Lipinski definition) is 1. The van der Waals surface area contributed by atoms with Gasteiger partial charge in [0.25, 0.3) is 0 Å². The summed E-state index contributed by atoms with van der Waals surface area (Å²) in [5.74, 6) is 1.77. The van der Waals surface area contributed by atoms with Crippen LogP contribution in [-0.2, 0) is 0 Å². The summed E-state index contributed by atoms with van der Waals surface area (Å²) >= 11 is 0. The molecule has 0 bridgehead atoms. The SMILES string of the molecule is CC(C)(C)NCC(C1=CCCCC1)C1CCCCC1. The van der Waals surface area contributed by atoms with E-state index in [2.05, 4.69) is 32.2 Å². The standard InChI is InChI=1S/C18H33N/c1-18(2,3)19-14-17(15-10-6-4-7-11-15)16-12-8-5-9-13-16/h10,16-17,19H,4-9,11-14H2,1-3H3. The average Bonchev–Trinajstić information content (AvgIpc) is 2.40. The Kier molecular flexibility index (Phi) is 5.50. The summed E-state index contributed by atoms with van der Waals surface area (Å²) in [5, 5.41) is 3.78. The lowest BCUT2D eigenvalue weighted by Crippen LogP contribution is -2.41. The van der Waals surface area contributed by atoms with Crippen molar-refractivity contribution in [1.29, 1.82) is 0 Å². The summed E-state index contributed by atoms with van der Waals surface area (Å²) in [7, 11) is 0. The van der Waals surface area contributed by atoms with Crippen LogP contribution in [0.25, 0.3) is 0 Å². The van der Waals surface area contributed by atoms with E-state index in [0.29, 0.717) is 0 Å². The molecule has 1 saturated carbocycles. The minimum atomic E-state index is 0.252. The average molecular weight is 263 g/mol. The molecule has 2 rings (SSSR count). The molecule has 1 N–H and O–H groups in total. The lowest BCUT2D eigenvalue weighted by molar-refractivity contribution is 0.247. The molecule has 0 radical (unpaired) electrons. The van der Waals surface area contributed by atoms with Gasteiger partial charge in [0.1, 0.15) is 0 Å². The fourth-order valence-electron chi connectivity index (χ4n) is 3.75. The van der Waals surface area contributed by atoms with Crippen LogP contribution >= 0.6 is 0 Å². The van der Waals surface area contributed by atoms with Gasteiger partial charge in [0.2, 0.25) is 0 Å². The van der Waals surface area contributed by atoms with Gasteiger partial charge in [-0.3, -0.25) is 0 Å². The van der Waals surface area contributed by atoms with Gasteiger partial charge in [-0.2, -0.15) is 0 Å². The van der Waals surface area contributed by atoms with Crippen molar-refractivity contribution in [3.05, 3.63) is 11.6 Å². The molecular formula is C18H33N. The van der Waals surface area contributed by atoms with Gasteiger partial charge in [-0.1, -0.05) is 30.9 Å². The third-order valence-corrected chi connectivity index (χ3v) is 4.87. The highest BCUT2D eigenvalue weighted by Crippen LogP contribution is 2.37. The van der Waals surface area contributed by atoms with E-state index in [1.54, 1.807) is 5.57 Å². The van der Waals surface area contributed by atoms with Gasteiger partial charge in [-0.25, -0.2) is 0 Å². The van der Waals surface area contributed by atoms with Crippen LogP contribution in [0.3, 0.4) is 0 Å². The molecule has 0 saturated heterocycles. The first-order valence-corrected chi connectivity index (χ1v) is 8.50. The second-order valence-corrected chi connectivity index (χ2v) is 7.66. The summed E-state index contributed by atoms with van der Waals surface area (Å²) in [5.41, 5.74) is 2.04. The Balaban J connectivity index is 2.01. The molecule has 0 aromatic rings. The van der Waals surface area contributed by atoms with Crippen molar-refractivity contribution in [2.75, 3.05) is 6.54 Å². The zero-order chi connectivity index (χ0) is 13.7. The topological polar surface area (TPSA) is 12.0 Å². The zero-order valence-electron chi connectivity index (χ0n) is 13.3. The zero-order valence-corrected chi connectivity index (χ0v) is 13.3. The third-order valence-electron chi connectivity index (χ3n) is 4.87. The Hall–Kier alpha value is -0.300. The molecule has 1 fully saturated rings. The number of hydrogen-bond acceptors (Lipinski definition) is 1. The maximum absolute atomic E-state index is 3.78. The molecule has 0 heterocycles. The lowest BCUT2D eigenvalue weighted by atomic mass is 9.74. The summed E-state index contributed by atoms with van der Waals surface area (Å²) in [6.45, 7) is 8.07. The highest BCUT2D eigenvalue weighted by Gasteiger charge is 2.28. The quantitative estimate of drug-likeness (QED) is 0.698. The monoisotopic (exact) mass is 263 g/mol. The van der Waals surface area contributed by atoms with Crippen LogP contribution in [0.4, 0.5) is 0 Å². The summed E-state index contributed by atoms with van der Waals surface area (Å²) < 4.78 is 0. The Labute approximate surface area is 120 Å². The van der Waals surface area contributed by atoms with Crippen LogP contribution in [0.5, 0.6) is 0 Å². The fourth-order valence-corrected chi connectivity index (χ4v) is 3.75. The highest BCUT2D eigenvalue weighted by molar-refractivity contribution is 5.12. The Morgan fingerprint density at radius 1 is 1.11 bits per heavy atom. The molecular weight excluding hydrogens is 230 g/mol. The summed E-state index contributed by atoms with van der Waals surface area (Å²) in [6, 6.07) is 0. The second-order valence-electron chi connectivity index (χ2n) is 7.66. The number of nitrogens with one attached hydrogen (secondary N) is 1. The number of rotatable bonds is 4. The molecule has 1 nitrogen and oxygen atoms in total. The van der Waals surface area contributed by atoms with Crippen LogP contribution in [0, 0.1) is 11.8 Å². The predicted octanol–water partition coefficient (Wildman–Crippen LogP) is 5.07. The van der Waals surface area contributed by atoms with Gasteiger partial charge in [-0.05, 0) is 71.1 Å². The molecule has 110 valence electrons.